The summed E-state index contributed by atoms with van der Waals surface area (Å²) in [4.78, 5) is 11.7. The van der Waals surface area contributed by atoms with Crippen molar-refractivity contribution in [1.82, 2.24) is 0 Å². The van der Waals surface area contributed by atoms with Crippen LogP contribution < -0.4 is 0 Å². The third kappa shape index (κ3) is 1.42. The summed E-state index contributed by atoms with van der Waals surface area (Å²) in [5.41, 5.74) is -0.125. The Morgan fingerprint density at radius 2 is 1.80 bits per heavy atom. The van der Waals surface area contributed by atoms with Crippen molar-refractivity contribution < 1.29 is 19.4 Å². The molecule has 0 amide bonds. The van der Waals surface area contributed by atoms with Gasteiger partial charge < -0.3 is 14.6 Å². The first kappa shape index (κ1) is 13.1. The van der Waals surface area contributed by atoms with Crippen LogP contribution in [0.5, 0.6) is 0 Å². The number of aliphatic carboxylic acids is 1. The third-order valence-corrected chi connectivity index (χ3v) is 6.47. The number of hydrogen-bond donors (Lipinski definition) is 1. The maximum atomic E-state index is 11.7. The summed E-state index contributed by atoms with van der Waals surface area (Å²) in [6.45, 7) is 4.42. The summed E-state index contributed by atoms with van der Waals surface area (Å²) in [6, 6.07) is 0. The summed E-state index contributed by atoms with van der Waals surface area (Å²) in [6.07, 6.45) is 8.61. The Morgan fingerprint density at radius 1 is 1.15 bits per heavy atom. The Hall–Kier alpha value is -0.610. The second kappa shape index (κ2) is 3.58. The molecule has 0 aromatic carbocycles. The Balaban J connectivity index is 1.64. The molecule has 0 spiro atoms. The molecular formula is C16H24O4. The van der Waals surface area contributed by atoms with Crippen LogP contribution in [0.15, 0.2) is 0 Å². The predicted octanol–water partition coefficient (Wildman–Crippen LogP) is 3.30. The molecule has 0 aromatic heterocycles. The van der Waals surface area contributed by atoms with Gasteiger partial charge in [-0.05, 0) is 31.1 Å². The lowest BCUT2D eigenvalue weighted by atomic mass is 9.57. The summed E-state index contributed by atoms with van der Waals surface area (Å²) in [5, 5.41) is 9.64. The van der Waals surface area contributed by atoms with E-state index in [9.17, 15) is 9.90 Å². The van der Waals surface area contributed by atoms with E-state index >= 15 is 0 Å². The highest BCUT2D eigenvalue weighted by atomic mass is 17.0. The van der Waals surface area contributed by atoms with Gasteiger partial charge in [0.25, 0.3) is 0 Å². The van der Waals surface area contributed by atoms with Crippen molar-refractivity contribution in [1.29, 1.82) is 0 Å². The van der Waals surface area contributed by atoms with Crippen molar-refractivity contribution in [2.75, 3.05) is 0 Å². The molecule has 2 unspecified atom stereocenters. The smallest absolute Gasteiger partial charge is 0.307 e. The predicted molar refractivity (Wildman–Crippen MR) is 71.9 cm³/mol. The second-order valence-corrected chi connectivity index (χ2v) is 7.97. The van der Waals surface area contributed by atoms with Gasteiger partial charge in [0.1, 0.15) is 0 Å². The number of epoxide rings is 2. The summed E-state index contributed by atoms with van der Waals surface area (Å²) in [5.74, 6) is -1.96. The molecule has 4 fully saturated rings. The van der Waals surface area contributed by atoms with Crippen LogP contribution in [0.1, 0.15) is 65.2 Å². The van der Waals surface area contributed by atoms with Gasteiger partial charge in [0.15, 0.2) is 0 Å². The number of carboxylic acids is 1. The van der Waals surface area contributed by atoms with Gasteiger partial charge in [-0.1, -0.05) is 33.1 Å². The van der Waals surface area contributed by atoms with Gasteiger partial charge in [-0.3, -0.25) is 4.79 Å². The number of ether oxygens (including phenoxy) is 2. The van der Waals surface area contributed by atoms with E-state index in [2.05, 4.69) is 13.8 Å². The minimum atomic E-state index is -0.680. The molecule has 2 saturated heterocycles. The lowest BCUT2D eigenvalue weighted by Gasteiger charge is -2.44. The van der Waals surface area contributed by atoms with Crippen molar-refractivity contribution in [3.05, 3.63) is 0 Å². The van der Waals surface area contributed by atoms with E-state index in [0.717, 1.165) is 12.8 Å². The van der Waals surface area contributed by atoms with Crippen molar-refractivity contribution in [2.24, 2.45) is 16.7 Å². The molecule has 2 aliphatic heterocycles. The van der Waals surface area contributed by atoms with Crippen LogP contribution >= 0.6 is 0 Å². The maximum Gasteiger partial charge on any atom is 0.307 e. The zero-order valence-electron chi connectivity index (χ0n) is 12.4. The Bertz CT molecular complexity index is 459. The normalized spacial score (nSPS) is 51.8. The number of hydrogen-bond acceptors (Lipinski definition) is 3. The fourth-order valence-electron chi connectivity index (χ4n) is 5.34. The Labute approximate surface area is 119 Å². The molecule has 4 rings (SSSR count). The van der Waals surface area contributed by atoms with Crippen molar-refractivity contribution in [3.8, 4) is 0 Å². The molecular weight excluding hydrogens is 256 g/mol. The molecule has 2 heterocycles. The third-order valence-electron chi connectivity index (χ3n) is 6.47. The van der Waals surface area contributed by atoms with Gasteiger partial charge in [-0.25, -0.2) is 0 Å². The molecule has 4 heteroatoms. The minimum Gasteiger partial charge on any atom is -0.481 e. The zero-order chi connectivity index (χ0) is 14.2. The average Bonchev–Trinajstić information content (AvgIpc) is 3.15. The quantitative estimate of drug-likeness (QED) is 0.806. The standard InChI is InChI=1S/C16H24O4/c1-13(7-4-3-5-8-13)10-14(2)11(12(17)18)6-9-15-16(14,19-15)20-15/h11H,3-10H2,1-2H3,(H,17,18). The van der Waals surface area contributed by atoms with Crippen LogP contribution in [0, 0.1) is 16.7 Å². The second-order valence-electron chi connectivity index (χ2n) is 7.97. The van der Waals surface area contributed by atoms with Crippen LogP contribution in [0.25, 0.3) is 0 Å². The SMILES string of the molecule is CC1(CC2(C)C(C(=O)O)CCC34OC32O4)CCCCC1. The molecule has 1 N–H and O–H groups in total. The lowest BCUT2D eigenvalue weighted by Crippen LogP contribution is -2.47. The van der Waals surface area contributed by atoms with E-state index < -0.39 is 17.5 Å². The molecule has 0 radical (unpaired) electrons. The summed E-state index contributed by atoms with van der Waals surface area (Å²) >= 11 is 0. The van der Waals surface area contributed by atoms with Gasteiger partial charge in [-0.15, -0.1) is 0 Å². The average molecular weight is 280 g/mol. The minimum absolute atomic E-state index is 0.246. The molecule has 4 aliphatic rings. The first-order valence-corrected chi connectivity index (χ1v) is 8.00. The first-order valence-electron chi connectivity index (χ1n) is 8.00. The van der Waals surface area contributed by atoms with E-state index in [-0.39, 0.29) is 16.7 Å². The highest BCUT2D eigenvalue weighted by Crippen LogP contribution is 2.82. The van der Waals surface area contributed by atoms with Crippen LogP contribution in [-0.4, -0.2) is 22.7 Å². The van der Waals surface area contributed by atoms with E-state index in [1.165, 1.54) is 32.1 Å². The molecule has 112 valence electrons. The molecule has 4 nitrogen and oxygen atoms in total. The maximum absolute atomic E-state index is 11.7. The molecule has 2 saturated carbocycles. The van der Waals surface area contributed by atoms with Gasteiger partial charge in [0.2, 0.25) is 11.6 Å². The summed E-state index contributed by atoms with van der Waals surface area (Å²) < 4.78 is 11.7. The van der Waals surface area contributed by atoms with E-state index in [1.807, 2.05) is 0 Å². The van der Waals surface area contributed by atoms with E-state index in [0.29, 0.717) is 6.42 Å². The number of carbonyl (C=O) groups is 1. The Kier molecular flexibility index (Phi) is 2.34. The highest BCUT2D eigenvalue weighted by Gasteiger charge is 2.98. The van der Waals surface area contributed by atoms with Crippen LogP contribution in [-0.2, 0) is 14.3 Å². The highest BCUT2D eigenvalue weighted by molar-refractivity contribution is 5.72. The number of rotatable bonds is 3. The first-order chi connectivity index (χ1) is 9.37. The lowest BCUT2D eigenvalue weighted by molar-refractivity contribution is -0.169. The van der Waals surface area contributed by atoms with E-state index in [4.69, 9.17) is 9.47 Å². The molecule has 0 bridgehead atoms. The molecule has 20 heavy (non-hydrogen) atoms. The van der Waals surface area contributed by atoms with Crippen LogP contribution in [0.2, 0.25) is 0 Å². The van der Waals surface area contributed by atoms with Gasteiger partial charge in [-0.2, -0.15) is 0 Å². The van der Waals surface area contributed by atoms with Crippen LogP contribution in [0.4, 0.5) is 0 Å². The fraction of sp³-hybridized carbons (Fsp3) is 0.938. The summed E-state index contributed by atoms with van der Waals surface area (Å²) in [7, 11) is 0. The number of carboxylic acid groups (broad SMARTS) is 1. The van der Waals surface area contributed by atoms with Crippen molar-refractivity contribution in [2.45, 2.75) is 76.8 Å². The molecule has 2 aliphatic carbocycles. The van der Waals surface area contributed by atoms with E-state index in [1.54, 1.807) is 0 Å². The molecule has 2 atom stereocenters. The monoisotopic (exact) mass is 280 g/mol. The molecule has 0 aromatic rings. The Morgan fingerprint density at radius 3 is 2.40 bits per heavy atom. The van der Waals surface area contributed by atoms with Crippen LogP contribution in [0.3, 0.4) is 0 Å². The fourth-order valence-corrected chi connectivity index (χ4v) is 5.34. The van der Waals surface area contributed by atoms with Gasteiger partial charge in [0, 0.05) is 11.8 Å². The van der Waals surface area contributed by atoms with Crippen molar-refractivity contribution >= 4 is 5.97 Å². The largest absolute Gasteiger partial charge is 0.481 e. The van der Waals surface area contributed by atoms with Gasteiger partial charge >= 0.3 is 5.97 Å². The topological polar surface area (TPSA) is 62.4 Å². The van der Waals surface area contributed by atoms with Crippen molar-refractivity contribution in [3.63, 3.8) is 0 Å². The van der Waals surface area contributed by atoms with Gasteiger partial charge in [0.05, 0.1) is 5.92 Å². The zero-order valence-corrected chi connectivity index (χ0v) is 12.4.